The predicted octanol–water partition coefficient (Wildman–Crippen LogP) is 5.30. The third-order valence-electron chi connectivity index (χ3n) is 5.69. The summed E-state index contributed by atoms with van der Waals surface area (Å²) < 4.78 is 0. The van der Waals surface area contributed by atoms with Gasteiger partial charge in [-0.3, -0.25) is 0 Å². The monoisotopic (exact) mass is 287 g/mol. The summed E-state index contributed by atoms with van der Waals surface area (Å²) in [5.74, 6) is 0.857. The normalized spacial score (nSPS) is 19.0. The van der Waals surface area contributed by atoms with Crippen molar-refractivity contribution in [1.29, 1.82) is 0 Å². The molecule has 1 aliphatic carbocycles. The van der Waals surface area contributed by atoms with Crippen molar-refractivity contribution in [3.05, 3.63) is 35.9 Å². The molecular weight excluding hydrogens is 254 g/mol. The van der Waals surface area contributed by atoms with Gasteiger partial charge < -0.3 is 5.32 Å². The van der Waals surface area contributed by atoms with Gasteiger partial charge in [0.2, 0.25) is 0 Å². The summed E-state index contributed by atoms with van der Waals surface area (Å²) in [5.41, 5.74) is 1.94. The maximum absolute atomic E-state index is 3.86. The van der Waals surface area contributed by atoms with Crippen LogP contribution in [0.2, 0.25) is 0 Å². The van der Waals surface area contributed by atoms with E-state index in [2.05, 4.69) is 56.4 Å². The van der Waals surface area contributed by atoms with Crippen LogP contribution < -0.4 is 5.32 Å². The number of likely N-dealkylation sites (N-methyl/N-ethyl adjacent to an activating group) is 1. The van der Waals surface area contributed by atoms with Gasteiger partial charge in [0.15, 0.2) is 0 Å². The fraction of sp³-hybridized carbons (Fsp3) is 0.700. The molecule has 1 unspecified atom stereocenters. The topological polar surface area (TPSA) is 12.0 Å². The minimum Gasteiger partial charge on any atom is -0.313 e. The number of nitrogens with one attached hydrogen (secondary N) is 1. The largest absolute Gasteiger partial charge is 0.313 e. The third-order valence-corrected chi connectivity index (χ3v) is 5.69. The van der Waals surface area contributed by atoms with E-state index in [4.69, 9.17) is 0 Å². The molecule has 0 bridgehead atoms. The van der Waals surface area contributed by atoms with Crippen LogP contribution in [0.25, 0.3) is 0 Å². The molecule has 1 heteroatoms. The summed E-state index contributed by atoms with van der Waals surface area (Å²) in [6.45, 7) is 8.04. The van der Waals surface area contributed by atoms with Crippen molar-refractivity contribution in [3.63, 3.8) is 0 Å². The average molecular weight is 287 g/mol. The first-order chi connectivity index (χ1) is 10.3. The summed E-state index contributed by atoms with van der Waals surface area (Å²) in [4.78, 5) is 0. The SMILES string of the molecule is CCNC(CC(CC)CC)C1(c2ccccc2)CCCC1. The maximum Gasteiger partial charge on any atom is 0.0166 e. The molecule has 0 aliphatic heterocycles. The average Bonchev–Trinajstić information content (AvgIpc) is 3.03. The van der Waals surface area contributed by atoms with E-state index < -0.39 is 0 Å². The zero-order valence-corrected chi connectivity index (χ0v) is 14.2. The molecule has 0 saturated heterocycles. The van der Waals surface area contributed by atoms with Crippen molar-refractivity contribution in [2.75, 3.05) is 6.54 Å². The van der Waals surface area contributed by atoms with Gasteiger partial charge in [-0.1, -0.05) is 76.8 Å². The Kier molecular flexibility index (Phi) is 6.29. The smallest absolute Gasteiger partial charge is 0.0166 e. The first-order valence-corrected chi connectivity index (χ1v) is 9.05. The number of rotatable bonds is 8. The molecular formula is C20H33N. The quantitative estimate of drug-likeness (QED) is 0.684. The van der Waals surface area contributed by atoms with E-state index >= 15 is 0 Å². The second-order valence-corrected chi connectivity index (χ2v) is 6.76. The van der Waals surface area contributed by atoms with Gasteiger partial charge in [0, 0.05) is 11.5 Å². The highest BCUT2D eigenvalue weighted by molar-refractivity contribution is 5.29. The highest BCUT2D eigenvalue weighted by atomic mass is 14.9. The summed E-state index contributed by atoms with van der Waals surface area (Å²) >= 11 is 0. The Labute approximate surface area is 131 Å². The van der Waals surface area contributed by atoms with Crippen molar-refractivity contribution in [2.45, 2.75) is 77.2 Å². The molecule has 1 fully saturated rings. The van der Waals surface area contributed by atoms with Crippen molar-refractivity contribution in [2.24, 2.45) is 5.92 Å². The third kappa shape index (κ3) is 3.69. The first-order valence-electron chi connectivity index (χ1n) is 9.05. The Morgan fingerprint density at radius 3 is 2.14 bits per heavy atom. The van der Waals surface area contributed by atoms with Crippen molar-refractivity contribution in [3.8, 4) is 0 Å². The van der Waals surface area contributed by atoms with Gasteiger partial charge in [0.05, 0.1) is 0 Å². The van der Waals surface area contributed by atoms with Gasteiger partial charge in [-0.25, -0.2) is 0 Å². The molecule has 1 aromatic carbocycles. The lowest BCUT2D eigenvalue weighted by molar-refractivity contribution is 0.245. The highest BCUT2D eigenvalue weighted by Gasteiger charge is 2.42. The molecule has 1 saturated carbocycles. The zero-order valence-electron chi connectivity index (χ0n) is 14.2. The first kappa shape index (κ1) is 16.5. The van der Waals surface area contributed by atoms with Crippen LogP contribution in [0.15, 0.2) is 30.3 Å². The lowest BCUT2D eigenvalue weighted by Crippen LogP contribution is -2.48. The summed E-state index contributed by atoms with van der Waals surface area (Å²) in [6, 6.07) is 11.9. The number of benzene rings is 1. The van der Waals surface area contributed by atoms with E-state index in [0.717, 1.165) is 12.5 Å². The van der Waals surface area contributed by atoms with Gasteiger partial charge in [0.25, 0.3) is 0 Å². The summed E-state index contributed by atoms with van der Waals surface area (Å²) in [7, 11) is 0. The van der Waals surface area contributed by atoms with Crippen molar-refractivity contribution >= 4 is 0 Å². The summed E-state index contributed by atoms with van der Waals surface area (Å²) in [5, 5.41) is 3.86. The predicted molar refractivity (Wildman–Crippen MR) is 92.7 cm³/mol. The van der Waals surface area contributed by atoms with Crippen molar-refractivity contribution in [1.82, 2.24) is 5.32 Å². The minimum absolute atomic E-state index is 0.375. The molecule has 2 rings (SSSR count). The van der Waals surface area contributed by atoms with Crippen LogP contribution in [-0.2, 0) is 5.41 Å². The van der Waals surface area contributed by atoms with Crippen LogP contribution in [-0.4, -0.2) is 12.6 Å². The number of hydrogen-bond acceptors (Lipinski definition) is 1. The van der Waals surface area contributed by atoms with Gasteiger partial charge in [0.1, 0.15) is 0 Å². The molecule has 118 valence electrons. The second-order valence-electron chi connectivity index (χ2n) is 6.76. The molecule has 1 N–H and O–H groups in total. The molecule has 21 heavy (non-hydrogen) atoms. The van der Waals surface area contributed by atoms with Gasteiger partial charge >= 0.3 is 0 Å². The minimum atomic E-state index is 0.375. The second kappa shape index (κ2) is 7.98. The van der Waals surface area contributed by atoms with E-state index in [-0.39, 0.29) is 0 Å². The Balaban J connectivity index is 2.28. The van der Waals surface area contributed by atoms with E-state index in [0.29, 0.717) is 11.5 Å². The molecule has 0 heterocycles. The van der Waals surface area contributed by atoms with Crippen LogP contribution in [0.5, 0.6) is 0 Å². The molecule has 1 atom stereocenters. The fourth-order valence-corrected chi connectivity index (χ4v) is 4.32. The van der Waals surface area contributed by atoms with Crippen LogP contribution >= 0.6 is 0 Å². The van der Waals surface area contributed by atoms with E-state index in [1.165, 1.54) is 44.9 Å². The molecule has 1 nitrogen and oxygen atoms in total. The van der Waals surface area contributed by atoms with E-state index in [1.807, 2.05) is 0 Å². The van der Waals surface area contributed by atoms with Crippen LogP contribution in [0, 0.1) is 5.92 Å². The molecule has 1 aromatic rings. The maximum atomic E-state index is 3.86. The Bertz CT molecular complexity index is 388. The van der Waals surface area contributed by atoms with Crippen LogP contribution in [0.4, 0.5) is 0 Å². The van der Waals surface area contributed by atoms with Gasteiger partial charge in [-0.2, -0.15) is 0 Å². The van der Waals surface area contributed by atoms with E-state index in [1.54, 1.807) is 5.56 Å². The molecule has 0 spiro atoms. The van der Waals surface area contributed by atoms with Crippen LogP contribution in [0.3, 0.4) is 0 Å². The van der Waals surface area contributed by atoms with Gasteiger partial charge in [-0.15, -0.1) is 0 Å². The Morgan fingerprint density at radius 1 is 1.00 bits per heavy atom. The van der Waals surface area contributed by atoms with Gasteiger partial charge in [-0.05, 0) is 37.3 Å². The summed E-state index contributed by atoms with van der Waals surface area (Å²) in [6.07, 6.45) is 9.44. The van der Waals surface area contributed by atoms with Crippen molar-refractivity contribution < 1.29 is 0 Å². The Hall–Kier alpha value is -0.820. The van der Waals surface area contributed by atoms with E-state index in [9.17, 15) is 0 Å². The lowest BCUT2D eigenvalue weighted by Gasteiger charge is -2.40. The lowest BCUT2D eigenvalue weighted by atomic mass is 9.69. The Morgan fingerprint density at radius 2 is 1.62 bits per heavy atom. The molecule has 1 aliphatic rings. The molecule has 0 radical (unpaired) electrons. The molecule has 0 amide bonds. The highest BCUT2D eigenvalue weighted by Crippen LogP contribution is 2.45. The zero-order chi connectivity index (χ0) is 15.1. The standard InChI is InChI=1S/C20H33N/c1-4-17(5-2)16-19(21-6-3)20(14-10-11-15-20)18-12-8-7-9-13-18/h7-9,12-13,17,19,21H,4-6,10-11,14-16H2,1-3H3. The fourth-order valence-electron chi connectivity index (χ4n) is 4.32. The van der Waals surface area contributed by atoms with Crippen LogP contribution in [0.1, 0.15) is 71.3 Å². The molecule has 0 aromatic heterocycles. The number of hydrogen-bond donors (Lipinski definition) is 1.